The maximum Gasteiger partial charge on any atom is 0.244 e. The van der Waals surface area contributed by atoms with Crippen LogP contribution >= 0.6 is 0 Å². The number of hydrogen-bond acceptors (Lipinski definition) is 7. The standard InChI is InChI=1S/C16H20N6O2/c1-24-14-5-3-2-4-13(14)10-17-16-19-15(11-18-20-16)22-8-6-21(12-23)7-9-22/h2-5,11-12H,6-10H2,1H3,(H,17,19,20). The van der Waals surface area contributed by atoms with Crippen molar-refractivity contribution in [2.24, 2.45) is 0 Å². The number of carbonyl (C=O) groups is 1. The number of nitrogens with zero attached hydrogens (tertiary/aromatic N) is 5. The largest absolute Gasteiger partial charge is 0.496 e. The zero-order valence-electron chi connectivity index (χ0n) is 13.6. The zero-order valence-corrected chi connectivity index (χ0v) is 13.6. The number of methoxy groups -OCH3 is 1. The summed E-state index contributed by atoms with van der Waals surface area (Å²) in [5, 5.41) is 11.2. The molecule has 2 heterocycles. The summed E-state index contributed by atoms with van der Waals surface area (Å²) in [6.07, 6.45) is 2.53. The van der Waals surface area contributed by atoms with E-state index < -0.39 is 0 Å². The molecule has 8 heteroatoms. The lowest BCUT2D eigenvalue weighted by Crippen LogP contribution is -2.46. The Morgan fingerprint density at radius 1 is 1.25 bits per heavy atom. The number of ether oxygens (including phenoxy) is 1. The average molecular weight is 328 g/mol. The van der Waals surface area contributed by atoms with Gasteiger partial charge in [-0.15, -0.1) is 5.10 Å². The van der Waals surface area contributed by atoms with Crippen LogP contribution in [0.4, 0.5) is 11.8 Å². The quantitative estimate of drug-likeness (QED) is 0.784. The Kier molecular flexibility index (Phi) is 5.05. The summed E-state index contributed by atoms with van der Waals surface area (Å²) in [7, 11) is 1.65. The van der Waals surface area contributed by atoms with E-state index in [1.807, 2.05) is 24.3 Å². The van der Waals surface area contributed by atoms with Gasteiger partial charge in [-0.25, -0.2) is 0 Å². The minimum absolute atomic E-state index is 0.469. The second kappa shape index (κ2) is 7.58. The topological polar surface area (TPSA) is 83.5 Å². The van der Waals surface area contributed by atoms with Gasteiger partial charge in [-0.3, -0.25) is 4.79 Å². The van der Waals surface area contributed by atoms with E-state index in [2.05, 4.69) is 25.4 Å². The van der Waals surface area contributed by atoms with E-state index >= 15 is 0 Å². The van der Waals surface area contributed by atoms with Gasteiger partial charge in [-0.1, -0.05) is 18.2 Å². The first-order valence-corrected chi connectivity index (χ1v) is 7.80. The van der Waals surface area contributed by atoms with Crippen molar-refractivity contribution < 1.29 is 9.53 Å². The number of para-hydroxylation sites is 1. The van der Waals surface area contributed by atoms with Crippen molar-refractivity contribution in [1.29, 1.82) is 0 Å². The molecule has 126 valence electrons. The molecular weight excluding hydrogens is 308 g/mol. The van der Waals surface area contributed by atoms with Crippen LogP contribution in [0.5, 0.6) is 5.75 Å². The van der Waals surface area contributed by atoms with Crippen LogP contribution in [0, 0.1) is 0 Å². The Hall–Kier alpha value is -2.90. The lowest BCUT2D eigenvalue weighted by molar-refractivity contribution is -0.118. The highest BCUT2D eigenvalue weighted by Crippen LogP contribution is 2.18. The van der Waals surface area contributed by atoms with Gasteiger partial charge in [-0.05, 0) is 6.07 Å². The van der Waals surface area contributed by atoms with Crippen LogP contribution in [0.3, 0.4) is 0 Å². The third-order valence-electron chi connectivity index (χ3n) is 3.96. The molecule has 24 heavy (non-hydrogen) atoms. The average Bonchev–Trinajstić information content (AvgIpc) is 2.67. The molecule has 0 spiro atoms. The molecule has 1 aromatic heterocycles. The highest BCUT2D eigenvalue weighted by Gasteiger charge is 2.17. The first-order chi connectivity index (χ1) is 11.8. The Morgan fingerprint density at radius 2 is 2.04 bits per heavy atom. The van der Waals surface area contributed by atoms with Gasteiger partial charge in [0.05, 0.1) is 13.3 Å². The normalized spacial score (nSPS) is 14.4. The Labute approximate surface area is 140 Å². The van der Waals surface area contributed by atoms with Gasteiger partial charge in [-0.2, -0.15) is 10.1 Å². The van der Waals surface area contributed by atoms with Gasteiger partial charge in [0, 0.05) is 38.3 Å². The third kappa shape index (κ3) is 3.70. The number of amides is 1. The fraction of sp³-hybridized carbons (Fsp3) is 0.375. The summed E-state index contributed by atoms with van der Waals surface area (Å²) in [5.74, 6) is 2.05. The number of rotatable bonds is 6. The molecule has 1 fully saturated rings. The van der Waals surface area contributed by atoms with Crippen molar-refractivity contribution in [2.75, 3.05) is 43.5 Å². The first-order valence-electron chi connectivity index (χ1n) is 7.80. The SMILES string of the molecule is COc1ccccc1CNc1nncc(N2CCN(C=O)CC2)n1. The minimum atomic E-state index is 0.469. The van der Waals surface area contributed by atoms with Crippen LogP contribution in [0.25, 0.3) is 0 Å². The maximum absolute atomic E-state index is 10.8. The van der Waals surface area contributed by atoms with E-state index in [-0.39, 0.29) is 0 Å². The lowest BCUT2D eigenvalue weighted by atomic mass is 10.2. The molecule has 1 aromatic carbocycles. The number of hydrogen-bond donors (Lipinski definition) is 1. The van der Waals surface area contributed by atoms with Crippen molar-refractivity contribution in [2.45, 2.75) is 6.54 Å². The van der Waals surface area contributed by atoms with Crippen molar-refractivity contribution in [3.63, 3.8) is 0 Å². The second-order valence-electron chi connectivity index (χ2n) is 5.43. The second-order valence-corrected chi connectivity index (χ2v) is 5.43. The van der Waals surface area contributed by atoms with Crippen molar-refractivity contribution in [1.82, 2.24) is 20.1 Å². The highest BCUT2D eigenvalue weighted by molar-refractivity contribution is 5.49. The molecule has 1 N–H and O–H groups in total. The van der Waals surface area contributed by atoms with Crippen molar-refractivity contribution in [3.8, 4) is 5.75 Å². The molecule has 0 saturated carbocycles. The molecule has 1 aliphatic rings. The fourth-order valence-corrected chi connectivity index (χ4v) is 2.60. The monoisotopic (exact) mass is 328 g/mol. The number of aromatic nitrogens is 3. The Bertz CT molecular complexity index is 688. The van der Waals surface area contributed by atoms with E-state index in [4.69, 9.17) is 4.74 Å². The van der Waals surface area contributed by atoms with Crippen LogP contribution < -0.4 is 15.0 Å². The van der Waals surface area contributed by atoms with Gasteiger partial charge >= 0.3 is 0 Å². The molecule has 0 unspecified atom stereocenters. The first kappa shape index (κ1) is 16.0. The summed E-state index contributed by atoms with van der Waals surface area (Å²) >= 11 is 0. The van der Waals surface area contributed by atoms with E-state index in [9.17, 15) is 4.79 Å². The van der Waals surface area contributed by atoms with Crippen LogP contribution in [-0.4, -0.2) is 59.8 Å². The summed E-state index contributed by atoms with van der Waals surface area (Å²) < 4.78 is 5.34. The molecule has 0 radical (unpaired) electrons. The van der Waals surface area contributed by atoms with E-state index in [0.717, 1.165) is 36.6 Å². The van der Waals surface area contributed by atoms with Crippen LogP contribution in [0.2, 0.25) is 0 Å². The third-order valence-corrected chi connectivity index (χ3v) is 3.96. The molecule has 0 atom stereocenters. The Balaban J connectivity index is 1.64. The van der Waals surface area contributed by atoms with Gasteiger partial charge in [0.25, 0.3) is 0 Å². The fourth-order valence-electron chi connectivity index (χ4n) is 2.60. The predicted molar refractivity (Wildman–Crippen MR) is 90.0 cm³/mol. The molecule has 1 amide bonds. The highest BCUT2D eigenvalue weighted by atomic mass is 16.5. The van der Waals surface area contributed by atoms with E-state index in [1.54, 1.807) is 18.2 Å². The van der Waals surface area contributed by atoms with Gasteiger partial charge in [0.15, 0.2) is 5.82 Å². The molecular formula is C16H20N6O2. The van der Waals surface area contributed by atoms with Gasteiger partial charge in [0.1, 0.15) is 5.75 Å². The minimum Gasteiger partial charge on any atom is -0.496 e. The summed E-state index contributed by atoms with van der Waals surface area (Å²) in [4.78, 5) is 19.1. The van der Waals surface area contributed by atoms with Gasteiger partial charge in [0.2, 0.25) is 12.4 Å². The lowest BCUT2D eigenvalue weighted by Gasteiger charge is -2.33. The van der Waals surface area contributed by atoms with Crippen molar-refractivity contribution >= 4 is 18.2 Å². The van der Waals surface area contributed by atoms with E-state index in [0.29, 0.717) is 25.6 Å². The number of nitrogens with one attached hydrogen (secondary N) is 1. The maximum atomic E-state index is 10.8. The molecule has 2 aromatic rings. The predicted octanol–water partition coefficient (Wildman–Crippen LogP) is 0.771. The van der Waals surface area contributed by atoms with Gasteiger partial charge < -0.3 is 19.9 Å². The summed E-state index contributed by atoms with van der Waals surface area (Å²) in [5.41, 5.74) is 1.02. The van der Waals surface area contributed by atoms with Crippen LogP contribution in [0.1, 0.15) is 5.56 Å². The van der Waals surface area contributed by atoms with E-state index in [1.165, 1.54) is 0 Å². The molecule has 0 aliphatic carbocycles. The summed E-state index contributed by atoms with van der Waals surface area (Å²) in [6.45, 7) is 3.41. The number of anilines is 2. The number of benzene rings is 1. The molecule has 8 nitrogen and oxygen atoms in total. The number of carbonyl (C=O) groups excluding carboxylic acids is 1. The zero-order chi connectivity index (χ0) is 16.8. The van der Waals surface area contributed by atoms with Crippen LogP contribution in [0.15, 0.2) is 30.5 Å². The molecule has 0 bridgehead atoms. The summed E-state index contributed by atoms with van der Waals surface area (Å²) in [6, 6.07) is 7.79. The molecule has 1 aliphatic heterocycles. The Morgan fingerprint density at radius 3 is 2.79 bits per heavy atom. The molecule has 1 saturated heterocycles. The smallest absolute Gasteiger partial charge is 0.244 e. The van der Waals surface area contributed by atoms with Crippen LogP contribution in [-0.2, 0) is 11.3 Å². The number of piperazine rings is 1. The van der Waals surface area contributed by atoms with Crippen molar-refractivity contribution in [3.05, 3.63) is 36.0 Å². The molecule has 3 rings (SSSR count).